The van der Waals surface area contributed by atoms with Crippen molar-refractivity contribution in [2.24, 2.45) is 16.2 Å². The number of ether oxygens (including phenoxy) is 2. The van der Waals surface area contributed by atoms with Crippen molar-refractivity contribution in [1.29, 1.82) is 0 Å². The highest BCUT2D eigenvalue weighted by molar-refractivity contribution is 7.92. The zero-order chi connectivity index (χ0) is 30.2. The molecule has 0 aromatic heterocycles. The van der Waals surface area contributed by atoms with Crippen LogP contribution in [0.1, 0.15) is 66.9 Å². The Morgan fingerprint density at radius 2 is 2.07 bits per heavy atom. The molecule has 1 saturated carbocycles. The van der Waals surface area contributed by atoms with E-state index in [4.69, 9.17) is 21.1 Å². The summed E-state index contributed by atoms with van der Waals surface area (Å²) in [6.07, 6.45) is 10.5. The van der Waals surface area contributed by atoms with Crippen LogP contribution in [-0.4, -0.2) is 54.7 Å². The summed E-state index contributed by atoms with van der Waals surface area (Å²) in [6.45, 7) is 3.35. The van der Waals surface area contributed by atoms with E-state index >= 15 is 0 Å². The lowest BCUT2D eigenvalue weighted by atomic mass is 9.68. The van der Waals surface area contributed by atoms with Gasteiger partial charge in [-0.3, -0.25) is 14.3 Å². The highest BCUT2D eigenvalue weighted by Crippen LogP contribution is 2.47. The molecule has 5 atom stereocenters. The van der Waals surface area contributed by atoms with Crippen LogP contribution in [0.4, 0.5) is 5.69 Å². The van der Waals surface area contributed by atoms with Gasteiger partial charge in [0.1, 0.15) is 15.7 Å². The third kappa shape index (κ3) is 6.22. The zero-order valence-corrected chi connectivity index (χ0v) is 26.4. The van der Waals surface area contributed by atoms with E-state index in [1.165, 1.54) is 18.1 Å². The summed E-state index contributed by atoms with van der Waals surface area (Å²) in [5.41, 5.74) is 3.49. The molecule has 10 heteroatoms. The number of allylic oxidation sites excluding steroid dienone is 1. The second kappa shape index (κ2) is 12.3. The van der Waals surface area contributed by atoms with Crippen molar-refractivity contribution in [3.63, 3.8) is 0 Å². The molecule has 2 amide bonds. The van der Waals surface area contributed by atoms with Gasteiger partial charge >= 0.3 is 0 Å². The number of aryl methyl sites for hydroxylation is 1. The first-order chi connectivity index (χ1) is 20.7. The molecule has 2 heterocycles. The Morgan fingerprint density at radius 3 is 2.84 bits per heavy atom. The summed E-state index contributed by atoms with van der Waals surface area (Å²) in [5.74, 6) is 0.500. The molecule has 0 saturated heterocycles. The van der Waals surface area contributed by atoms with Gasteiger partial charge in [-0.15, -0.1) is 4.36 Å². The molecule has 2 bridgehead atoms. The number of hydrogen-bond donors (Lipinski definition) is 1. The lowest BCUT2D eigenvalue weighted by Crippen LogP contribution is -2.49. The number of hydrogen-bond acceptors (Lipinski definition) is 6. The highest BCUT2D eigenvalue weighted by atomic mass is 35.5. The lowest BCUT2D eigenvalue weighted by Gasteiger charge is -2.46. The molecule has 8 nitrogen and oxygen atoms in total. The third-order valence-corrected chi connectivity index (χ3v) is 11.7. The van der Waals surface area contributed by atoms with Gasteiger partial charge in [-0.2, -0.15) is 0 Å². The Bertz CT molecular complexity index is 1570. The number of benzene rings is 2. The number of nitrogens with zero attached hydrogens (tertiary/aromatic N) is 2. The maximum atomic E-state index is 13.6. The summed E-state index contributed by atoms with van der Waals surface area (Å²) < 4.78 is 32.7. The van der Waals surface area contributed by atoms with Gasteiger partial charge in [0.15, 0.2) is 0 Å². The van der Waals surface area contributed by atoms with Gasteiger partial charge in [-0.05, 0) is 98.2 Å². The van der Waals surface area contributed by atoms with Crippen LogP contribution in [0.5, 0.6) is 5.75 Å². The van der Waals surface area contributed by atoms with Gasteiger partial charge in [0, 0.05) is 43.1 Å². The molecular weight excluding hydrogens is 586 g/mol. The number of anilines is 1. The second-order valence-corrected chi connectivity index (χ2v) is 15.0. The van der Waals surface area contributed by atoms with Gasteiger partial charge in [-0.1, -0.05) is 29.8 Å². The molecule has 43 heavy (non-hydrogen) atoms. The maximum absolute atomic E-state index is 13.6. The Kier molecular flexibility index (Phi) is 8.59. The van der Waals surface area contributed by atoms with Crippen LogP contribution < -0.4 is 14.4 Å². The number of nitrogens with one attached hydrogen (secondary N) is 1. The van der Waals surface area contributed by atoms with E-state index in [0.29, 0.717) is 36.8 Å². The van der Waals surface area contributed by atoms with Gasteiger partial charge in [0.05, 0.1) is 24.2 Å². The van der Waals surface area contributed by atoms with E-state index < -0.39 is 21.7 Å². The highest BCUT2D eigenvalue weighted by Gasteiger charge is 2.44. The Labute approximate surface area is 259 Å². The molecule has 4 aliphatic rings. The van der Waals surface area contributed by atoms with Crippen molar-refractivity contribution in [2.45, 2.75) is 63.4 Å². The van der Waals surface area contributed by atoms with E-state index in [1.807, 2.05) is 18.2 Å². The van der Waals surface area contributed by atoms with Crippen LogP contribution in [0, 0.1) is 11.8 Å². The molecule has 1 N–H and O–H groups in total. The molecular formula is C33H40ClN3O5S. The van der Waals surface area contributed by atoms with Crippen molar-refractivity contribution < 1.29 is 23.3 Å². The van der Waals surface area contributed by atoms with Crippen LogP contribution >= 0.6 is 11.6 Å². The van der Waals surface area contributed by atoms with Gasteiger partial charge in [0.2, 0.25) is 5.91 Å². The predicted octanol–water partition coefficient (Wildman–Crippen LogP) is 5.86. The van der Waals surface area contributed by atoms with E-state index in [1.54, 1.807) is 13.2 Å². The van der Waals surface area contributed by atoms with Crippen molar-refractivity contribution >= 4 is 39.0 Å². The van der Waals surface area contributed by atoms with Crippen LogP contribution in [0.3, 0.4) is 0 Å². The van der Waals surface area contributed by atoms with Gasteiger partial charge in [-0.25, -0.2) is 4.21 Å². The number of carbonyl (C=O) groups is 2. The van der Waals surface area contributed by atoms with E-state index in [0.717, 1.165) is 61.7 Å². The Morgan fingerprint density at radius 1 is 1.21 bits per heavy atom. The number of carbonyl (C=O) groups excluding carboxylic acids is 2. The third-order valence-electron chi connectivity index (χ3n) is 9.56. The fraction of sp³-hybridized carbons (Fsp3) is 0.515. The fourth-order valence-corrected chi connectivity index (χ4v) is 9.15. The van der Waals surface area contributed by atoms with Crippen LogP contribution in [0.15, 0.2) is 52.9 Å². The number of fused-ring (bicyclic) bond motifs is 4. The second-order valence-electron chi connectivity index (χ2n) is 12.5. The van der Waals surface area contributed by atoms with Crippen molar-refractivity contribution in [2.75, 3.05) is 37.5 Å². The lowest BCUT2D eigenvalue weighted by molar-refractivity contribution is -0.117. The summed E-state index contributed by atoms with van der Waals surface area (Å²) in [6, 6.07) is 11.6. The van der Waals surface area contributed by atoms with E-state index in [2.05, 4.69) is 38.3 Å². The number of halogens is 1. The summed E-state index contributed by atoms with van der Waals surface area (Å²) in [5, 5.41) is 0.748. The summed E-state index contributed by atoms with van der Waals surface area (Å²) >= 11 is 6.41. The van der Waals surface area contributed by atoms with Crippen LogP contribution in [-0.2, 0) is 31.3 Å². The molecule has 0 radical (unpaired) electrons. The molecule has 2 aliphatic carbocycles. The van der Waals surface area contributed by atoms with Crippen molar-refractivity contribution in [1.82, 2.24) is 4.72 Å². The number of amides is 2. The topological polar surface area (TPSA) is 97.3 Å². The Hall–Kier alpha value is -2.88. The number of rotatable bonds is 2. The van der Waals surface area contributed by atoms with Gasteiger partial charge < -0.3 is 14.4 Å². The minimum atomic E-state index is -3.29. The quantitative estimate of drug-likeness (QED) is 0.420. The predicted molar refractivity (Wildman–Crippen MR) is 169 cm³/mol. The number of methoxy groups -OCH3 is 1. The van der Waals surface area contributed by atoms with E-state index in [9.17, 15) is 13.8 Å². The molecule has 0 unspecified atom stereocenters. The zero-order valence-electron chi connectivity index (χ0n) is 24.9. The molecule has 1 fully saturated rings. The molecule has 230 valence electrons. The van der Waals surface area contributed by atoms with Crippen molar-refractivity contribution in [3.05, 3.63) is 70.3 Å². The minimum absolute atomic E-state index is 0.0156. The monoisotopic (exact) mass is 625 g/mol. The van der Waals surface area contributed by atoms with Crippen LogP contribution in [0.2, 0.25) is 5.02 Å². The average Bonchev–Trinajstić information content (AvgIpc) is 3.10. The maximum Gasteiger partial charge on any atom is 0.286 e. The minimum Gasteiger partial charge on any atom is -0.490 e. The molecule has 1 spiro atoms. The van der Waals surface area contributed by atoms with E-state index in [-0.39, 0.29) is 17.3 Å². The van der Waals surface area contributed by atoms with Gasteiger partial charge in [0.25, 0.3) is 5.91 Å². The molecule has 2 aromatic carbocycles. The standard InChI is InChI=1S/C33H40ClN3O5S/c1-22(38)35-43(40)16-5-3-4-8-30(41-2)27-12-9-25(27)19-37-20-33(15-6-7-23-17-26(34)11-13-28(23)33)21-42-31-14-10-24(18-29(31)37)32(39)36-43/h4,8,10-11,13-14,17-18,25,27,30H,3,5-7,9,12,15-16,19-21H2,1-2H3,(H,35,36,38,39,40)/b8-4+/t25-,27+,30-,33-,43+/m0/s1. The molecule has 2 aliphatic heterocycles. The normalized spacial score (nSPS) is 31.4. The summed E-state index contributed by atoms with van der Waals surface area (Å²) in [7, 11) is -1.53. The Balaban J connectivity index is 1.45. The average molecular weight is 626 g/mol. The largest absolute Gasteiger partial charge is 0.490 e. The first-order valence-electron chi connectivity index (χ1n) is 15.3. The SMILES string of the molecule is CO[C@H]1/C=C/CCC[S@@](=O)(NC(C)=O)=NC(=O)c2ccc3c(c2)N(C[C@@H]2CC[C@H]21)C[C@@]1(CCCc2cc(Cl)ccc21)CO3. The molecule has 6 rings (SSSR count). The van der Waals surface area contributed by atoms with Crippen LogP contribution in [0.25, 0.3) is 0 Å². The smallest absolute Gasteiger partial charge is 0.286 e. The fourth-order valence-electron chi connectivity index (χ4n) is 7.34. The first kappa shape index (κ1) is 30.2. The first-order valence-corrected chi connectivity index (χ1v) is 17.3. The molecule has 2 aromatic rings. The van der Waals surface area contributed by atoms with Crippen molar-refractivity contribution in [3.8, 4) is 5.75 Å². The summed E-state index contributed by atoms with van der Waals surface area (Å²) in [4.78, 5) is 27.8.